The zero-order valence-electron chi connectivity index (χ0n) is 10.8. The van der Waals surface area contributed by atoms with Gasteiger partial charge in [0.2, 0.25) is 5.78 Å². The van der Waals surface area contributed by atoms with Crippen molar-refractivity contribution in [3.8, 4) is 5.69 Å². The molecule has 0 N–H and O–H groups in total. The van der Waals surface area contributed by atoms with E-state index in [0.29, 0.717) is 18.9 Å². The average Bonchev–Trinajstić information content (AvgIpc) is 2.94. The average molecular weight is 260 g/mol. The second-order valence-electron chi connectivity index (χ2n) is 3.93. The molecular weight excluding hydrogens is 244 g/mol. The van der Waals surface area contributed by atoms with Crippen molar-refractivity contribution in [2.24, 2.45) is 0 Å². The molecule has 0 bridgehead atoms. The van der Waals surface area contributed by atoms with Crippen molar-refractivity contribution in [3.05, 3.63) is 48.3 Å². The molecule has 0 aliphatic carbocycles. The number of aromatic nitrogens is 2. The van der Waals surface area contributed by atoms with Crippen LogP contribution in [-0.2, 0) is 9.47 Å². The number of rotatable bonds is 7. The molecule has 2 aromatic rings. The van der Waals surface area contributed by atoms with Gasteiger partial charge in [-0.2, -0.15) is 5.10 Å². The van der Waals surface area contributed by atoms with Crippen molar-refractivity contribution >= 4 is 5.78 Å². The highest BCUT2D eigenvalue weighted by Crippen LogP contribution is 2.10. The largest absolute Gasteiger partial charge is 0.382 e. The van der Waals surface area contributed by atoms with Crippen molar-refractivity contribution in [2.45, 2.75) is 0 Å². The first-order chi connectivity index (χ1) is 9.33. The topological polar surface area (TPSA) is 53.4 Å². The summed E-state index contributed by atoms with van der Waals surface area (Å²) in [6.45, 7) is 0.912. The molecule has 1 heterocycles. The summed E-state index contributed by atoms with van der Waals surface area (Å²) in [5, 5.41) is 4.17. The lowest BCUT2D eigenvalue weighted by molar-refractivity contribution is 0.0571. The second-order valence-corrected chi connectivity index (χ2v) is 3.93. The van der Waals surface area contributed by atoms with Crippen molar-refractivity contribution < 1.29 is 14.3 Å². The van der Waals surface area contributed by atoms with Crippen molar-refractivity contribution in [1.82, 2.24) is 9.78 Å². The maximum atomic E-state index is 12.0. The Morgan fingerprint density at radius 2 is 2.00 bits per heavy atom. The number of ether oxygens (including phenoxy) is 2. The minimum Gasteiger partial charge on any atom is -0.382 e. The fourth-order valence-electron chi connectivity index (χ4n) is 1.67. The van der Waals surface area contributed by atoms with E-state index in [1.54, 1.807) is 24.1 Å². The molecule has 0 aliphatic rings. The van der Waals surface area contributed by atoms with Crippen LogP contribution in [-0.4, -0.2) is 42.5 Å². The number of benzene rings is 1. The van der Waals surface area contributed by atoms with Crippen LogP contribution in [0.4, 0.5) is 0 Å². The van der Waals surface area contributed by atoms with Crippen LogP contribution >= 0.6 is 0 Å². The Bertz CT molecular complexity index is 522. The Balaban J connectivity index is 2.05. The van der Waals surface area contributed by atoms with Crippen LogP contribution in [0.1, 0.15) is 10.5 Å². The molecule has 1 aromatic carbocycles. The van der Waals surface area contributed by atoms with E-state index in [-0.39, 0.29) is 12.4 Å². The van der Waals surface area contributed by atoms with Crippen molar-refractivity contribution in [3.63, 3.8) is 0 Å². The summed E-state index contributed by atoms with van der Waals surface area (Å²) in [5.41, 5.74) is 1.37. The van der Waals surface area contributed by atoms with Crippen LogP contribution in [0.2, 0.25) is 0 Å². The summed E-state index contributed by atoms with van der Waals surface area (Å²) < 4.78 is 11.7. The van der Waals surface area contributed by atoms with Gasteiger partial charge in [0.1, 0.15) is 12.3 Å². The quantitative estimate of drug-likeness (QED) is 0.562. The SMILES string of the molecule is COCCOCC(=O)c1ccnn1-c1ccccc1. The summed E-state index contributed by atoms with van der Waals surface area (Å²) in [7, 11) is 1.59. The van der Waals surface area contributed by atoms with E-state index >= 15 is 0 Å². The van der Waals surface area contributed by atoms with Crippen LogP contribution in [0.15, 0.2) is 42.6 Å². The highest BCUT2D eigenvalue weighted by molar-refractivity contribution is 5.96. The predicted octanol–water partition coefficient (Wildman–Crippen LogP) is 1.72. The fourth-order valence-corrected chi connectivity index (χ4v) is 1.67. The lowest BCUT2D eigenvalue weighted by atomic mass is 10.2. The first-order valence-electron chi connectivity index (χ1n) is 6.02. The molecule has 0 saturated heterocycles. The summed E-state index contributed by atoms with van der Waals surface area (Å²) in [5.74, 6) is -0.0996. The first kappa shape index (κ1) is 13.5. The molecule has 0 spiro atoms. The molecule has 100 valence electrons. The predicted molar refractivity (Wildman–Crippen MR) is 70.6 cm³/mol. The number of nitrogens with zero attached hydrogens (tertiary/aromatic N) is 2. The number of Topliss-reactive ketones (excluding diaryl/α,β-unsaturated/α-hetero) is 1. The Morgan fingerprint density at radius 1 is 1.21 bits per heavy atom. The Labute approximate surface area is 111 Å². The molecule has 0 radical (unpaired) electrons. The van der Waals surface area contributed by atoms with Gasteiger partial charge in [-0.3, -0.25) is 4.79 Å². The third-order valence-corrected chi connectivity index (χ3v) is 2.59. The number of para-hydroxylation sites is 1. The Hall–Kier alpha value is -1.98. The Kier molecular flexibility index (Phi) is 4.83. The summed E-state index contributed by atoms with van der Waals surface area (Å²) in [4.78, 5) is 12.0. The normalized spacial score (nSPS) is 10.6. The van der Waals surface area contributed by atoms with E-state index in [9.17, 15) is 4.79 Å². The van der Waals surface area contributed by atoms with Gasteiger partial charge in [0.05, 0.1) is 25.1 Å². The van der Waals surface area contributed by atoms with Crippen molar-refractivity contribution in [1.29, 1.82) is 0 Å². The van der Waals surface area contributed by atoms with Gasteiger partial charge in [-0.1, -0.05) is 18.2 Å². The molecular formula is C14H16N2O3. The molecule has 5 nitrogen and oxygen atoms in total. The van der Waals surface area contributed by atoms with E-state index < -0.39 is 0 Å². The van der Waals surface area contributed by atoms with E-state index in [1.165, 1.54) is 0 Å². The van der Waals surface area contributed by atoms with E-state index in [2.05, 4.69) is 5.10 Å². The molecule has 0 atom stereocenters. The Morgan fingerprint density at radius 3 is 2.74 bits per heavy atom. The van der Waals surface area contributed by atoms with Crippen LogP contribution in [0.3, 0.4) is 0 Å². The molecule has 0 unspecified atom stereocenters. The van der Waals surface area contributed by atoms with Gasteiger partial charge >= 0.3 is 0 Å². The molecule has 1 aromatic heterocycles. The van der Waals surface area contributed by atoms with Gasteiger partial charge in [-0.25, -0.2) is 4.68 Å². The minimum absolute atomic E-state index is 0.0296. The summed E-state index contributed by atoms with van der Waals surface area (Å²) in [6, 6.07) is 11.2. The first-order valence-corrected chi connectivity index (χ1v) is 6.02. The van der Waals surface area contributed by atoms with Gasteiger partial charge in [0.25, 0.3) is 0 Å². The monoisotopic (exact) mass is 260 g/mol. The number of carbonyl (C=O) groups is 1. The molecule has 0 amide bonds. The van der Waals surface area contributed by atoms with Crippen molar-refractivity contribution in [2.75, 3.05) is 26.9 Å². The number of hydrogen-bond acceptors (Lipinski definition) is 4. The number of hydrogen-bond donors (Lipinski definition) is 0. The molecule has 2 rings (SSSR count). The molecule has 0 aliphatic heterocycles. The molecule has 19 heavy (non-hydrogen) atoms. The van der Waals surface area contributed by atoms with Gasteiger partial charge in [0, 0.05) is 7.11 Å². The number of ketones is 1. The molecule has 0 saturated carbocycles. The van der Waals surface area contributed by atoms with Gasteiger partial charge in [-0.05, 0) is 18.2 Å². The van der Waals surface area contributed by atoms with Crippen LogP contribution < -0.4 is 0 Å². The van der Waals surface area contributed by atoms with Crippen LogP contribution in [0, 0.1) is 0 Å². The second kappa shape index (κ2) is 6.82. The number of methoxy groups -OCH3 is 1. The van der Waals surface area contributed by atoms with E-state index in [0.717, 1.165) is 5.69 Å². The van der Waals surface area contributed by atoms with E-state index in [4.69, 9.17) is 9.47 Å². The van der Waals surface area contributed by atoms with Gasteiger partial charge in [-0.15, -0.1) is 0 Å². The lowest BCUT2D eigenvalue weighted by Gasteiger charge is -2.07. The zero-order valence-corrected chi connectivity index (χ0v) is 10.8. The van der Waals surface area contributed by atoms with Gasteiger partial charge < -0.3 is 9.47 Å². The smallest absolute Gasteiger partial charge is 0.206 e. The summed E-state index contributed by atoms with van der Waals surface area (Å²) >= 11 is 0. The molecule has 5 heteroatoms. The van der Waals surface area contributed by atoms with Crippen LogP contribution in [0.25, 0.3) is 5.69 Å². The number of carbonyl (C=O) groups excluding carboxylic acids is 1. The highest BCUT2D eigenvalue weighted by Gasteiger charge is 2.13. The third-order valence-electron chi connectivity index (χ3n) is 2.59. The fraction of sp³-hybridized carbons (Fsp3) is 0.286. The standard InChI is InChI=1S/C14H16N2O3/c1-18-9-10-19-11-14(17)13-7-8-15-16(13)12-5-3-2-4-6-12/h2-8H,9-11H2,1H3. The minimum atomic E-state index is -0.0996. The summed E-state index contributed by atoms with van der Waals surface area (Å²) in [6.07, 6.45) is 1.61. The molecule has 0 fully saturated rings. The van der Waals surface area contributed by atoms with E-state index in [1.807, 2.05) is 30.3 Å². The third kappa shape index (κ3) is 3.49. The van der Waals surface area contributed by atoms with Gasteiger partial charge in [0.15, 0.2) is 0 Å². The maximum absolute atomic E-state index is 12.0. The van der Waals surface area contributed by atoms with Crippen LogP contribution in [0.5, 0.6) is 0 Å². The highest BCUT2D eigenvalue weighted by atomic mass is 16.5. The lowest BCUT2D eigenvalue weighted by Crippen LogP contribution is -2.16. The zero-order chi connectivity index (χ0) is 13.5. The maximum Gasteiger partial charge on any atom is 0.206 e.